The molecule has 0 bridgehead atoms. The maximum atomic E-state index is 10.4. The SMILES string of the molecule is CCCC(C)c1ccc([N+](=O)[O-])cn1. The minimum Gasteiger partial charge on any atom is -0.258 e. The highest BCUT2D eigenvalue weighted by atomic mass is 16.6. The van der Waals surface area contributed by atoms with Gasteiger partial charge in [-0.25, -0.2) is 0 Å². The fourth-order valence-electron chi connectivity index (χ4n) is 1.38. The van der Waals surface area contributed by atoms with Crippen LogP contribution in [0.2, 0.25) is 0 Å². The van der Waals surface area contributed by atoms with Gasteiger partial charge in [-0.05, 0) is 18.4 Å². The molecule has 1 aromatic heterocycles. The first-order chi connectivity index (χ1) is 6.65. The first-order valence-corrected chi connectivity index (χ1v) is 4.75. The van der Waals surface area contributed by atoms with Crippen LogP contribution < -0.4 is 0 Å². The zero-order valence-corrected chi connectivity index (χ0v) is 8.43. The molecule has 0 saturated carbocycles. The summed E-state index contributed by atoms with van der Waals surface area (Å²) in [5, 5.41) is 10.4. The van der Waals surface area contributed by atoms with E-state index >= 15 is 0 Å². The Balaban J connectivity index is 2.77. The number of hydrogen-bond donors (Lipinski definition) is 0. The summed E-state index contributed by atoms with van der Waals surface area (Å²) < 4.78 is 0. The molecule has 0 fully saturated rings. The fourth-order valence-corrected chi connectivity index (χ4v) is 1.38. The van der Waals surface area contributed by atoms with Crippen LogP contribution in [0.15, 0.2) is 18.3 Å². The third-order valence-electron chi connectivity index (χ3n) is 2.21. The van der Waals surface area contributed by atoms with Crippen molar-refractivity contribution in [2.24, 2.45) is 0 Å². The summed E-state index contributed by atoms with van der Waals surface area (Å²) in [6.45, 7) is 4.19. The summed E-state index contributed by atoms with van der Waals surface area (Å²) in [7, 11) is 0. The minimum absolute atomic E-state index is 0.0532. The molecular weight excluding hydrogens is 180 g/mol. The second-order valence-electron chi connectivity index (χ2n) is 3.39. The Morgan fingerprint density at radius 1 is 1.57 bits per heavy atom. The van der Waals surface area contributed by atoms with Crippen LogP contribution in [0.25, 0.3) is 0 Å². The van der Waals surface area contributed by atoms with E-state index in [-0.39, 0.29) is 5.69 Å². The highest BCUT2D eigenvalue weighted by Gasteiger charge is 2.09. The summed E-state index contributed by atoms with van der Waals surface area (Å²) >= 11 is 0. The normalized spacial score (nSPS) is 12.4. The average molecular weight is 194 g/mol. The van der Waals surface area contributed by atoms with Crippen LogP contribution in [0.1, 0.15) is 38.3 Å². The van der Waals surface area contributed by atoms with Gasteiger partial charge in [-0.15, -0.1) is 0 Å². The van der Waals surface area contributed by atoms with E-state index in [1.807, 2.05) is 0 Å². The molecule has 0 N–H and O–H groups in total. The zero-order valence-electron chi connectivity index (χ0n) is 8.43. The largest absolute Gasteiger partial charge is 0.287 e. The van der Waals surface area contributed by atoms with E-state index in [0.717, 1.165) is 18.5 Å². The third kappa shape index (κ3) is 2.52. The van der Waals surface area contributed by atoms with Crippen LogP contribution in [0.5, 0.6) is 0 Å². The van der Waals surface area contributed by atoms with Gasteiger partial charge in [0.2, 0.25) is 0 Å². The van der Waals surface area contributed by atoms with Gasteiger partial charge in [0, 0.05) is 11.8 Å². The Bertz CT molecular complexity index is 308. The number of nitrogens with zero attached hydrogens (tertiary/aromatic N) is 2. The maximum Gasteiger partial charge on any atom is 0.287 e. The molecule has 14 heavy (non-hydrogen) atoms. The van der Waals surface area contributed by atoms with Crippen molar-refractivity contribution in [3.63, 3.8) is 0 Å². The van der Waals surface area contributed by atoms with Gasteiger partial charge >= 0.3 is 0 Å². The lowest BCUT2D eigenvalue weighted by Gasteiger charge is -2.07. The van der Waals surface area contributed by atoms with Crippen molar-refractivity contribution in [3.05, 3.63) is 34.1 Å². The molecular formula is C10H14N2O2. The highest BCUT2D eigenvalue weighted by molar-refractivity contribution is 5.27. The van der Waals surface area contributed by atoms with Crippen molar-refractivity contribution in [1.29, 1.82) is 0 Å². The number of aromatic nitrogens is 1. The van der Waals surface area contributed by atoms with Crippen molar-refractivity contribution in [2.75, 3.05) is 0 Å². The second-order valence-corrected chi connectivity index (χ2v) is 3.39. The van der Waals surface area contributed by atoms with Crippen LogP contribution in [0, 0.1) is 10.1 Å². The fraction of sp³-hybridized carbons (Fsp3) is 0.500. The molecule has 0 radical (unpaired) electrons. The van der Waals surface area contributed by atoms with Crippen LogP contribution in [0.3, 0.4) is 0 Å². The van der Waals surface area contributed by atoms with Gasteiger partial charge < -0.3 is 0 Å². The molecule has 0 saturated heterocycles. The van der Waals surface area contributed by atoms with E-state index in [4.69, 9.17) is 0 Å². The second kappa shape index (κ2) is 4.69. The Kier molecular flexibility index (Phi) is 3.56. The summed E-state index contributed by atoms with van der Waals surface area (Å²) in [5.74, 6) is 0.376. The van der Waals surface area contributed by atoms with Crippen LogP contribution in [0.4, 0.5) is 5.69 Å². The van der Waals surface area contributed by atoms with E-state index < -0.39 is 4.92 Å². The van der Waals surface area contributed by atoms with Crippen LogP contribution in [-0.4, -0.2) is 9.91 Å². The Morgan fingerprint density at radius 2 is 2.29 bits per heavy atom. The standard InChI is InChI=1S/C10H14N2O2/c1-3-4-8(2)10-6-5-9(7-11-10)12(13)14/h5-8H,3-4H2,1-2H3. The molecule has 1 atom stereocenters. The van der Waals surface area contributed by atoms with Gasteiger partial charge in [0.25, 0.3) is 5.69 Å². The molecule has 0 amide bonds. The smallest absolute Gasteiger partial charge is 0.258 e. The van der Waals surface area contributed by atoms with Crippen molar-refractivity contribution in [3.8, 4) is 0 Å². The molecule has 1 rings (SSSR count). The quantitative estimate of drug-likeness (QED) is 0.547. The minimum atomic E-state index is -0.429. The summed E-state index contributed by atoms with van der Waals surface area (Å²) in [4.78, 5) is 14.0. The molecule has 4 heteroatoms. The highest BCUT2D eigenvalue weighted by Crippen LogP contribution is 2.19. The predicted octanol–water partition coefficient (Wildman–Crippen LogP) is 2.89. The lowest BCUT2D eigenvalue weighted by Crippen LogP contribution is -1.97. The molecule has 76 valence electrons. The van der Waals surface area contributed by atoms with Gasteiger partial charge in [0.1, 0.15) is 6.20 Å². The van der Waals surface area contributed by atoms with Crippen LogP contribution >= 0.6 is 0 Å². The number of rotatable bonds is 4. The lowest BCUT2D eigenvalue weighted by atomic mass is 10.0. The van der Waals surface area contributed by atoms with Gasteiger partial charge in [-0.3, -0.25) is 15.1 Å². The summed E-state index contributed by atoms with van der Waals surface area (Å²) in [6, 6.07) is 3.24. The molecule has 0 aliphatic heterocycles. The van der Waals surface area contributed by atoms with Crippen LogP contribution in [-0.2, 0) is 0 Å². The average Bonchev–Trinajstić information content (AvgIpc) is 2.18. The molecule has 1 heterocycles. The van der Waals surface area contributed by atoms with Crippen molar-refractivity contribution in [2.45, 2.75) is 32.6 Å². The van der Waals surface area contributed by atoms with Crippen molar-refractivity contribution < 1.29 is 4.92 Å². The van der Waals surface area contributed by atoms with Gasteiger partial charge in [0.05, 0.1) is 4.92 Å². The summed E-state index contributed by atoms with van der Waals surface area (Å²) in [6.07, 6.45) is 3.48. The molecule has 0 spiro atoms. The van der Waals surface area contributed by atoms with Gasteiger partial charge in [0.15, 0.2) is 0 Å². The van der Waals surface area contributed by atoms with E-state index in [1.165, 1.54) is 12.3 Å². The molecule has 4 nitrogen and oxygen atoms in total. The molecule has 0 aliphatic carbocycles. The van der Waals surface area contributed by atoms with E-state index in [0.29, 0.717) is 5.92 Å². The maximum absolute atomic E-state index is 10.4. The monoisotopic (exact) mass is 194 g/mol. The van der Waals surface area contributed by atoms with Crippen molar-refractivity contribution >= 4 is 5.69 Å². The van der Waals surface area contributed by atoms with Gasteiger partial charge in [-0.1, -0.05) is 20.3 Å². The lowest BCUT2D eigenvalue weighted by molar-refractivity contribution is -0.385. The predicted molar refractivity (Wildman–Crippen MR) is 54.2 cm³/mol. The number of hydrogen-bond acceptors (Lipinski definition) is 3. The Morgan fingerprint density at radius 3 is 2.71 bits per heavy atom. The third-order valence-corrected chi connectivity index (χ3v) is 2.21. The Labute approximate surface area is 83.1 Å². The number of pyridine rings is 1. The topological polar surface area (TPSA) is 56.0 Å². The van der Waals surface area contributed by atoms with E-state index in [2.05, 4.69) is 18.8 Å². The van der Waals surface area contributed by atoms with Crippen molar-refractivity contribution in [1.82, 2.24) is 4.98 Å². The summed E-state index contributed by atoms with van der Waals surface area (Å²) in [5.41, 5.74) is 0.981. The number of nitro groups is 1. The van der Waals surface area contributed by atoms with E-state index in [1.54, 1.807) is 6.07 Å². The molecule has 0 aromatic carbocycles. The first kappa shape index (κ1) is 10.6. The van der Waals surface area contributed by atoms with Gasteiger partial charge in [-0.2, -0.15) is 0 Å². The first-order valence-electron chi connectivity index (χ1n) is 4.75. The van der Waals surface area contributed by atoms with E-state index in [9.17, 15) is 10.1 Å². The molecule has 0 aliphatic rings. The zero-order chi connectivity index (χ0) is 10.6. The molecule has 1 aromatic rings. The Hall–Kier alpha value is -1.45. The molecule has 1 unspecified atom stereocenters.